The first-order valence-corrected chi connectivity index (χ1v) is 10.4. The van der Waals surface area contributed by atoms with E-state index in [1.165, 1.54) is 13.2 Å². The van der Waals surface area contributed by atoms with Crippen molar-refractivity contribution in [1.82, 2.24) is 20.9 Å². The average molecular weight is 462 g/mol. The standard InChI is InChI=1S/C22H24F2N4O5/c1-13(27-18(29)9-14-11-22(14,23)24)20(31)28-17(10-16-6-4-8-33-16)19(30)21(32)26-12-15-5-2-3-7-25-15/h2-8,13-14,17H,9-12H2,1H3,(H,26,32)(H,27,29)(H,28,31)/t13-,14?,17-/m1/s1. The summed E-state index contributed by atoms with van der Waals surface area (Å²) in [5, 5.41) is 7.23. The van der Waals surface area contributed by atoms with E-state index >= 15 is 0 Å². The molecular weight excluding hydrogens is 438 g/mol. The fourth-order valence-corrected chi connectivity index (χ4v) is 3.14. The van der Waals surface area contributed by atoms with Crippen molar-refractivity contribution in [2.45, 2.75) is 50.7 Å². The van der Waals surface area contributed by atoms with Crippen LogP contribution >= 0.6 is 0 Å². The zero-order valence-electron chi connectivity index (χ0n) is 17.8. The number of hydrogen-bond donors (Lipinski definition) is 3. The summed E-state index contributed by atoms with van der Waals surface area (Å²) in [5.41, 5.74) is 0.544. The maximum absolute atomic E-state index is 13.0. The first-order valence-electron chi connectivity index (χ1n) is 10.4. The van der Waals surface area contributed by atoms with Gasteiger partial charge in [0.05, 0.1) is 18.5 Å². The fraction of sp³-hybridized carbons (Fsp3) is 0.409. The van der Waals surface area contributed by atoms with Gasteiger partial charge in [-0.15, -0.1) is 0 Å². The van der Waals surface area contributed by atoms with Crippen LogP contribution in [0.3, 0.4) is 0 Å². The Morgan fingerprint density at radius 2 is 1.94 bits per heavy atom. The van der Waals surface area contributed by atoms with Crippen molar-refractivity contribution in [3.63, 3.8) is 0 Å². The Kier molecular flexibility index (Phi) is 7.52. The van der Waals surface area contributed by atoms with Gasteiger partial charge < -0.3 is 20.4 Å². The van der Waals surface area contributed by atoms with Crippen LogP contribution in [-0.4, -0.2) is 46.5 Å². The Hall–Kier alpha value is -3.63. The van der Waals surface area contributed by atoms with Crippen molar-refractivity contribution in [3.05, 3.63) is 54.2 Å². The number of hydrogen-bond acceptors (Lipinski definition) is 6. The second-order valence-electron chi connectivity index (χ2n) is 7.87. The number of Topliss-reactive ketones (excluding diaryl/α,β-unsaturated/α-hetero) is 1. The van der Waals surface area contributed by atoms with Gasteiger partial charge in [0, 0.05) is 31.4 Å². The highest BCUT2D eigenvalue weighted by atomic mass is 19.3. The molecule has 0 aliphatic heterocycles. The van der Waals surface area contributed by atoms with Gasteiger partial charge in [0.25, 0.3) is 11.8 Å². The van der Waals surface area contributed by atoms with Crippen molar-refractivity contribution in [2.75, 3.05) is 0 Å². The van der Waals surface area contributed by atoms with Crippen LogP contribution in [0.15, 0.2) is 47.2 Å². The minimum atomic E-state index is -2.84. The Balaban J connectivity index is 1.58. The van der Waals surface area contributed by atoms with E-state index in [4.69, 9.17) is 4.42 Å². The number of aromatic nitrogens is 1. The highest BCUT2D eigenvalue weighted by molar-refractivity contribution is 6.38. The summed E-state index contributed by atoms with van der Waals surface area (Å²) in [5.74, 6) is -6.78. The lowest BCUT2D eigenvalue weighted by Crippen LogP contribution is -2.53. The molecule has 1 saturated carbocycles. The molecule has 3 atom stereocenters. The molecule has 1 fully saturated rings. The lowest BCUT2D eigenvalue weighted by Gasteiger charge is -2.20. The van der Waals surface area contributed by atoms with Crippen LogP contribution in [0.4, 0.5) is 8.78 Å². The van der Waals surface area contributed by atoms with Crippen LogP contribution in [0.2, 0.25) is 0 Å². The molecule has 1 unspecified atom stereocenters. The second-order valence-corrected chi connectivity index (χ2v) is 7.87. The number of alkyl halides is 2. The van der Waals surface area contributed by atoms with E-state index in [1.807, 2.05) is 0 Å². The third kappa shape index (κ3) is 6.93. The molecule has 9 nitrogen and oxygen atoms in total. The zero-order chi connectivity index (χ0) is 24.0. The van der Waals surface area contributed by atoms with Gasteiger partial charge in [-0.1, -0.05) is 6.07 Å². The van der Waals surface area contributed by atoms with Crippen molar-refractivity contribution in [2.24, 2.45) is 5.92 Å². The molecule has 1 aliphatic rings. The highest BCUT2D eigenvalue weighted by Gasteiger charge is 2.57. The van der Waals surface area contributed by atoms with E-state index in [2.05, 4.69) is 20.9 Å². The maximum atomic E-state index is 13.0. The monoisotopic (exact) mass is 462 g/mol. The Morgan fingerprint density at radius 1 is 1.18 bits per heavy atom. The normalized spacial score (nSPS) is 18.0. The third-order valence-corrected chi connectivity index (χ3v) is 5.16. The first-order chi connectivity index (χ1) is 15.7. The maximum Gasteiger partial charge on any atom is 0.289 e. The molecule has 3 N–H and O–H groups in total. The molecule has 3 rings (SSSR count). The largest absolute Gasteiger partial charge is 0.469 e. The molecule has 2 aromatic heterocycles. The van der Waals surface area contributed by atoms with Gasteiger partial charge in [0.2, 0.25) is 17.6 Å². The van der Waals surface area contributed by atoms with E-state index in [0.717, 1.165) is 0 Å². The number of pyridine rings is 1. The zero-order valence-corrected chi connectivity index (χ0v) is 17.8. The topological polar surface area (TPSA) is 130 Å². The van der Waals surface area contributed by atoms with Crippen molar-refractivity contribution < 1.29 is 32.4 Å². The number of rotatable bonds is 11. The van der Waals surface area contributed by atoms with Crippen molar-refractivity contribution >= 4 is 23.5 Å². The smallest absolute Gasteiger partial charge is 0.289 e. The van der Waals surface area contributed by atoms with Gasteiger partial charge in [0.15, 0.2) is 0 Å². The van der Waals surface area contributed by atoms with E-state index in [1.54, 1.807) is 36.5 Å². The molecule has 33 heavy (non-hydrogen) atoms. The van der Waals surface area contributed by atoms with Crippen molar-refractivity contribution in [3.8, 4) is 0 Å². The summed E-state index contributed by atoms with van der Waals surface area (Å²) in [6.07, 6.45) is 2.09. The minimum Gasteiger partial charge on any atom is -0.469 e. The lowest BCUT2D eigenvalue weighted by molar-refractivity contribution is -0.140. The lowest BCUT2D eigenvalue weighted by atomic mass is 10.1. The molecule has 11 heteroatoms. The molecule has 0 saturated heterocycles. The summed E-state index contributed by atoms with van der Waals surface area (Å²) in [6.45, 7) is 1.37. The van der Waals surface area contributed by atoms with Gasteiger partial charge >= 0.3 is 0 Å². The average Bonchev–Trinajstić information content (AvgIpc) is 3.14. The Labute approximate surface area is 188 Å². The van der Waals surface area contributed by atoms with Gasteiger partial charge in [-0.2, -0.15) is 0 Å². The van der Waals surface area contributed by atoms with Gasteiger partial charge in [-0.25, -0.2) is 8.78 Å². The van der Waals surface area contributed by atoms with E-state index in [9.17, 15) is 28.0 Å². The van der Waals surface area contributed by atoms with E-state index < -0.39 is 53.8 Å². The summed E-state index contributed by atoms with van der Waals surface area (Å²) in [4.78, 5) is 53.7. The highest BCUT2D eigenvalue weighted by Crippen LogP contribution is 2.50. The van der Waals surface area contributed by atoms with Gasteiger partial charge in [-0.05, 0) is 31.2 Å². The number of amides is 3. The van der Waals surface area contributed by atoms with Gasteiger partial charge in [-0.3, -0.25) is 24.2 Å². The molecule has 2 aromatic rings. The number of carbonyl (C=O) groups excluding carboxylic acids is 4. The number of halogens is 2. The van der Waals surface area contributed by atoms with Crippen LogP contribution in [0.25, 0.3) is 0 Å². The first kappa shape index (κ1) is 24.0. The molecule has 1 aliphatic carbocycles. The quantitative estimate of drug-likeness (QED) is 0.430. The van der Waals surface area contributed by atoms with Crippen LogP contribution < -0.4 is 16.0 Å². The van der Waals surface area contributed by atoms with E-state index in [0.29, 0.717) is 11.5 Å². The fourth-order valence-electron chi connectivity index (χ4n) is 3.14. The minimum absolute atomic E-state index is 0.0189. The number of furan rings is 1. The van der Waals surface area contributed by atoms with E-state index in [-0.39, 0.29) is 19.4 Å². The van der Waals surface area contributed by atoms with Crippen LogP contribution in [0.5, 0.6) is 0 Å². The molecule has 0 radical (unpaired) electrons. The van der Waals surface area contributed by atoms with Crippen LogP contribution in [0.1, 0.15) is 31.2 Å². The summed E-state index contributed by atoms with van der Waals surface area (Å²) >= 11 is 0. The summed E-state index contributed by atoms with van der Waals surface area (Å²) in [6, 6.07) is 5.93. The molecule has 0 aromatic carbocycles. The molecule has 2 heterocycles. The molecule has 0 bridgehead atoms. The van der Waals surface area contributed by atoms with Gasteiger partial charge in [0.1, 0.15) is 17.8 Å². The number of carbonyl (C=O) groups is 4. The predicted molar refractivity (Wildman–Crippen MR) is 111 cm³/mol. The summed E-state index contributed by atoms with van der Waals surface area (Å²) < 4.78 is 31.2. The molecular formula is C22H24F2N4O5. The van der Waals surface area contributed by atoms with Crippen molar-refractivity contribution in [1.29, 1.82) is 0 Å². The Morgan fingerprint density at radius 3 is 2.55 bits per heavy atom. The number of nitrogens with one attached hydrogen (secondary N) is 3. The SMILES string of the molecule is C[C@@H](NC(=O)CC1CC1(F)F)C(=O)N[C@H](Cc1ccco1)C(=O)C(=O)NCc1ccccn1. The number of nitrogens with zero attached hydrogens (tertiary/aromatic N) is 1. The number of ketones is 1. The van der Waals surface area contributed by atoms with Crippen LogP contribution in [-0.2, 0) is 32.1 Å². The third-order valence-electron chi connectivity index (χ3n) is 5.16. The second kappa shape index (κ2) is 10.3. The summed E-state index contributed by atoms with van der Waals surface area (Å²) in [7, 11) is 0. The molecule has 176 valence electrons. The van der Waals surface area contributed by atoms with Crippen LogP contribution in [0, 0.1) is 5.92 Å². The molecule has 3 amide bonds. The molecule has 0 spiro atoms. The predicted octanol–water partition coefficient (Wildman–Crippen LogP) is 1.14. The Bertz CT molecular complexity index is 997.